The maximum atomic E-state index is 11.9. The number of aromatic nitrogens is 2. The largest absolute Gasteiger partial charge is 0.344 e. The van der Waals surface area contributed by atoms with Crippen LogP contribution >= 0.6 is 0 Å². The molecule has 5 nitrogen and oxygen atoms in total. The fourth-order valence-electron chi connectivity index (χ4n) is 2.38. The van der Waals surface area contributed by atoms with Crippen molar-refractivity contribution in [1.82, 2.24) is 15.5 Å². The van der Waals surface area contributed by atoms with E-state index >= 15 is 0 Å². The normalized spacial score (nSPS) is 16.3. The van der Waals surface area contributed by atoms with E-state index in [1.54, 1.807) is 0 Å². The Balaban J connectivity index is 1.70. The van der Waals surface area contributed by atoms with Crippen molar-refractivity contribution in [2.75, 3.05) is 0 Å². The van der Waals surface area contributed by atoms with Crippen molar-refractivity contribution in [3.05, 3.63) is 35.7 Å². The minimum Gasteiger partial charge on any atom is -0.344 e. The first-order chi connectivity index (χ1) is 10.1. The number of carbonyl (C=O) groups excluding carboxylic acids is 1. The van der Waals surface area contributed by atoms with Gasteiger partial charge in [0.15, 0.2) is 0 Å². The second kappa shape index (κ2) is 5.68. The van der Waals surface area contributed by atoms with E-state index < -0.39 is 0 Å². The van der Waals surface area contributed by atoms with Crippen molar-refractivity contribution in [1.29, 1.82) is 0 Å². The van der Waals surface area contributed by atoms with E-state index in [0.717, 1.165) is 30.4 Å². The lowest BCUT2D eigenvalue weighted by atomic mass is 9.84. The van der Waals surface area contributed by atoms with Gasteiger partial charge in [0.1, 0.15) is 6.04 Å². The molecule has 0 aliphatic heterocycles. The number of hydrogen-bond donors (Lipinski definition) is 1. The third-order valence-electron chi connectivity index (χ3n) is 3.92. The van der Waals surface area contributed by atoms with Gasteiger partial charge in [-0.2, -0.15) is 4.98 Å². The zero-order valence-corrected chi connectivity index (χ0v) is 12.3. The van der Waals surface area contributed by atoms with Gasteiger partial charge >= 0.3 is 0 Å². The van der Waals surface area contributed by atoms with Crippen LogP contribution in [0.15, 0.2) is 28.8 Å². The standard InChI is InChI=1S/C16H19N3O2/c1-10-5-3-8-13(9-10)14-18-16(21-19-14)11(2)17-15(20)12-6-4-7-12/h3,5,8-9,11-12H,4,6-7H2,1-2H3,(H,17,20)/t11-/m1/s1. The van der Waals surface area contributed by atoms with Gasteiger partial charge in [-0.15, -0.1) is 0 Å². The highest BCUT2D eigenvalue weighted by Gasteiger charge is 2.27. The van der Waals surface area contributed by atoms with Crippen LogP contribution in [0.5, 0.6) is 0 Å². The number of benzene rings is 1. The van der Waals surface area contributed by atoms with Crippen LogP contribution < -0.4 is 5.32 Å². The van der Waals surface area contributed by atoms with E-state index in [0.29, 0.717) is 11.7 Å². The van der Waals surface area contributed by atoms with E-state index in [2.05, 4.69) is 15.5 Å². The molecule has 1 N–H and O–H groups in total. The Morgan fingerprint density at radius 1 is 1.43 bits per heavy atom. The first-order valence-electron chi connectivity index (χ1n) is 7.34. The molecule has 0 unspecified atom stereocenters. The fourth-order valence-corrected chi connectivity index (χ4v) is 2.38. The summed E-state index contributed by atoms with van der Waals surface area (Å²) in [6, 6.07) is 7.67. The Morgan fingerprint density at radius 3 is 2.90 bits per heavy atom. The van der Waals surface area contributed by atoms with Crippen molar-refractivity contribution in [2.45, 2.75) is 39.2 Å². The zero-order chi connectivity index (χ0) is 14.8. The van der Waals surface area contributed by atoms with Crippen LogP contribution in [-0.4, -0.2) is 16.0 Å². The van der Waals surface area contributed by atoms with E-state index in [1.165, 1.54) is 0 Å². The van der Waals surface area contributed by atoms with Gasteiger partial charge in [-0.25, -0.2) is 0 Å². The van der Waals surface area contributed by atoms with E-state index in [1.807, 2.05) is 38.1 Å². The Morgan fingerprint density at radius 2 is 2.24 bits per heavy atom. The summed E-state index contributed by atoms with van der Waals surface area (Å²) in [6.07, 6.45) is 3.11. The third-order valence-corrected chi connectivity index (χ3v) is 3.92. The Hall–Kier alpha value is -2.17. The molecule has 1 fully saturated rings. The maximum absolute atomic E-state index is 11.9. The highest BCUT2D eigenvalue weighted by atomic mass is 16.5. The minimum absolute atomic E-state index is 0.0871. The van der Waals surface area contributed by atoms with Crippen molar-refractivity contribution in [3.63, 3.8) is 0 Å². The Kier molecular flexibility index (Phi) is 3.73. The number of hydrogen-bond acceptors (Lipinski definition) is 4. The predicted molar refractivity (Wildman–Crippen MR) is 78.4 cm³/mol. The fraction of sp³-hybridized carbons (Fsp3) is 0.438. The molecule has 3 rings (SSSR count). The number of rotatable bonds is 4. The number of carbonyl (C=O) groups is 1. The topological polar surface area (TPSA) is 68.0 Å². The van der Waals surface area contributed by atoms with E-state index in [-0.39, 0.29) is 17.9 Å². The van der Waals surface area contributed by atoms with Crippen LogP contribution in [-0.2, 0) is 4.79 Å². The Labute approximate surface area is 123 Å². The summed E-state index contributed by atoms with van der Waals surface area (Å²) >= 11 is 0. The molecule has 1 amide bonds. The highest BCUT2D eigenvalue weighted by molar-refractivity contribution is 5.79. The second-order valence-electron chi connectivity index (χ2n) is 5.68. The maximum Gasteiger partial charge on any atom is 0.249 e. The molecule has 5 heteroatoms. The number of nitrogens with one attached hydrogen (secondary N) is 1. The van der Waals surface area contributed by atoms with Gasteiger partial charge in [0.25, 0.3) is 0 Å². The first kappa shape index (κ1) is 13.8. The van der Waals surface area contributed by atoms with Gasteiger partial charge in [0.05, 0.1) is 0 Å². The highest BCUT2D eigenvalue weighted by Crippen LogP contribution is 2.27. The molecular formula is C16H19N3O2. The van der Waals surface area contributed by atoms with Gasteiger partial charge in [-0.3, -0.25) is 4.79 Å². The van der Waals surface area contributed by atoms with Crippen LogP contribution in [0.2, 0.25) is 0 Å². The summed E-state index contributed by atoms with van der Waals surface area (Å²) in [5, 5.41) is 6.94. The summed E-state index contributed by atoms with van der Waals surface area (Å²) in [7, 11) is 0. The molecule has 1 aromatic carbocycles. The van der Waals surface area contributed by atoms with Crippen molar-refractivity contribution in [2.24, 2.45) is 5.92 Å². The van der Waals surface area contributed by atoms with Crippen molar-refractivity contribution >= 4 is 5.91 Å². The molecule has 0 saturated heterocycles. The molecule has 0 spiro atoms. The van der Waals surface area contributed by atoms with Crippen LogP contribution in [0.3, 0.4) is 0 Å². The van der Waals surface area contributed by atoms with E-state index in [4.69, 9.17) is 4.52 Å². The molecular weight excluding hydrogens is 266 g/mol. The molecule has 1 aliphatic carbocycles. The van der Waals surface area contributed by atoms with Crippen LogP contribution in [0.1, 0.15) is 43.7 Å². The predicted octanol–water partition coefficient (Wildman–Crippen LogP) is 3.02. The lowest BCUT2D eigenvalue weighted by molar-refractivity contribution is -0.128. The van der Waals surface area contributed by atoms with Gasteiger partial charge in [-0.05, 0) is 32.8 Å². The number of nitrogens with zero attached hydrogens (tertiary/aromatic N) is 2. The molecule has 110 valence electrons. The molecule has 0 radical (unpaired) electrons. The molecule has 1 aliphatic rings. The second-order valence-corrected chi connectivity index (χ2v) is 5.68. The molecule has 1 saturated carbocycles. The lowest BCUT2D eigenvalue weighted by Crippen LogP contribution is -2.36. The van der Waals surface area contributed by atoms with Gasteiger partial charge in [0.2, 0.25) is 17.6 Å². The number of amides is 1. The van der Waals surface area contributed by atoms with Crippen molar-refractivity contribution < 1.29 is 9.32 Å². The summed E-state index contributed by atoms with van der Waals surface area (Å²) < 4.78 is 5.28. The number of aryl methyl sites for hydroxylation is 1. The average Bonchev–Trinajstić information content (AvgIpc) is 2.86. The molecule has 21 heavy (non-hydrogen) atoms. The SMILES string of the molecule is Cc1cccc(-c2noc([C@@H](C)NC(=O)C3CCC3)n2)c1. The minimum atomic E-state index is -0.260. The average molecular weight is 285 g/mol. The molecule has 1 aromatic heterocycles. The quantitative estimate of drug-likeness (QED) is 0.937. The van der Waals surface area contributed by atoms with Gasteiger partial charge < -0.3 is 9.84 Å². The lowest BCUT2D eigenvalue weighted by Gasteiger charge is -2.25. The molecule has 1 heterocycles. The first-order valence-corrected chi connectivity index (χ1v) is 7.34. The van der Waals surface area contributed by atoms with Gasteiger partial charge in [0, 0.05) is 11.5 Å². The summed E-state index contributed by atoms with van der Waals surface area (Å²) in [5.41, 5.74) is 2.06. The monoisotopic (exact) mass is 285 g/mol. The Bertz CT molecular complexity index is 646. The van der Waals surface area contributed by atoms with Crippen LogP contribution in [0.25, 0.3) is 11.4 Å². The summed E-state index contributed by atoms with van der Waals surface area (Å²) in [6.45, 7) is 3.88. The van der Waals surface area contributed by atoms with Crippen molar-refractivity contribution in [3.8, 4) is 11.4 Å². The third kappa shape index (κ3) is 2.96. The molecule has 2 aromatic rings. The van der Waals surface area contributed by atoms with Crippen LogP contribution in [0.4, 0.5) is 0 Å². The van der Waals surface area contributed by atoms with E-state index in [9.17, 15) is 4.79 Å². The van der Waals surface area contributed by atoms with Gasteiger partial charge in [-0.1, -0.05) is 35.3 Å². The summed E-state index contributed by atoms with van der Waals surface area (Å²) in [4.78, 5) is 16.3. The smallest absolute Gasteiger partial charge is 0.249 e. The molecule has 1 atom stereocenters. The zero-order valence-electron chi connectivity index (χ0n) is 12.3. The summed E-state index contributed by atoms with van der Waals surface area (Å²) in [5.74, 6) is 1.24. The van der Waals surface area contributed by atoms with Crippen LogP contribution in [0, 0.1) is 12.8 Å². The molecule has 0 bridgehead atoms.